The van der Waals surface area contributed by atoms with Crippen LogP contribution < -0.4 is 0 Å². The molecule has 1 heterocycles. The molecule has 1 heteroatoms. The molecule has 0 radical (unpaired) electrons. The zero-order valence-electron chi connectivity index (χ0n) is 10.6. The first-order valence-corrected chi connectivity index (χ1v) is 6.35. The molecule has 1 aromatic carbocycles. The number of hydrogen-bond acceptors (Lipinski definition) is 1. The van der Waals surface area contributed by atoms with Crippen molar-refractivity contribution >= 4 is 0 Å². The standard InChI is InChI=1S/C15H21N/c1-14(2,3)16-10-15(11-16)9-8-12-6-4-5-7-13(12)15/h4-7H,8-11H2,1-3H3. The van der Waals surface area contributed by atoms with Gasteiger partial charge in [-0.25, -0.2) is 0 Å². The van der Waals surface area contributed by atoms with Gasteiger partial charge in [-0.05, 0) is 44.7 Å². The van der Waals surface area contributed by atoms with Crippen LogP contribution in [0.5, 0.6) is 0 Å². The van der Waals surface area contributed by atoms with Gasteiger partial charge in [0.25, 0.3) is 0 Å². The Kier molecular flexibility index (Phi) is 2.00. The molecule has 3 rings (SSSR count). The Balaban J connectivity index is 1.86. The summed E-state index contributed by atoms with van der Waals surface area (Å²) in [6.45, 7) is 9.48. The number of hydrogen-bond donors (Lipinski definition) is 0. The van der Waals surface area contributed by atoms with Crippen LogP contribution in [-0.4, -0.2) is 23.5 Å². The fourth-order valence-corrected chi connectivity index (χ4v) is 3.25. The van der Waals surface area contributed by atoms with Crippen molar-refractivity contribution in [1.29, 1.82) is 0 Å². The molecule has 1 spiro atoms. The van der Waals surface area contributed by atoms with E-state index in [0.29, 0.717) is 11.0 Å². The molecule has 0 amide bonds. The molecule has 1 fully saturated rings. The minimum Gasteiger partial charge on any atom is -0.297 e. The second kappa shape index (κ2) is 3.10. The number of likely N-dealkylation sites (tertiary alicyclic amines) is 1. The average Bonchev–Trinajstić information content (AvgIpc) is 2.53. The van der Waals surface area contributed by atoms with Crippen LogP contribution in [0.1, 0.15) is 38.3 Å². The highest BCUT2D eigenvalue weighted by molar-refractivity contribution is 5.42. The molecule has 0 atom stereocenters. The second-order valence-electron chi connectivity index (χ2n) is 6.46. The lowest BCUT2D eigenvalue weighted by molar-refractivity contribution is -0.00994. The van der Waals surface area contributed by atoms with Crippen molar-refractivity contribution in [3.63, 3.8) is 0 Å². The van der Waals surface area contributed by atoms with E-state index in [1.54, 1.807) is 11.1 Å². The maximum Gasteiger partial charge on any atom is 0.0214 e. The van der Waals surface area contributed by atoms with Crippen molar-refractivity contribution < 1.29 is 0 Å². The van der Waals surface area contributed by atoms with E-state index < -0.39 is 0 Å². The second-order valence-corrected chi connectivity index (χ2v) is 6.46. The van der Waals surface area contributed by atoms with E-state index in [9.17, 15) is 0 Å². The van der Waals surface area contributed by atoms with Gasteiger partial charge in [0.05, 0.1) is 0 Å². The Morgan fingerprint density at radius 3 is 2.50 bits per heavy atom. The molecule has 0 aromatic heterocycles. The van der Waals surface area contributed by atoms with Crippen LogP contribution >= 0.6 is 0 Å². The van der Waals surface area contributed by atoms with Crippen LogP contribution in [0.4, 0.5) is 0 Å². The van der Waals surface area contributed by atoms with E-state index in [1.807, 2.05) is 0 Å². The topological polar surface area (TPSA) is 3.24 Å². The molecule has 0 saturated carbocycles. The van der Waals surface area contributed by atoms with Crippen LogP contribution in [0.2, 0.25) is 0 Å². The van der Waals surface area contributed by atoms with Crippen molar-refractivity contribution in [2.24, 2.45) is 0 Å². The lowest BCUT2D eigenvalue weighted by Gasteiger charge is -2.55. The van der Waals surface area contributed by atoms with Gasteiger partial charge in [0, 0.05) is 24.0 Å². The summed E-state index contributed by atoms with van der Waals surface area (Å²) in [5.41, 5.74) is 4.07. The largest absolute Gasteiger partial charge is 0.297 e. The summed E-state index contributed by atoms with van der Waals surface area (Å²) in [7, 11) is 0. The molecule has 1 aliphatic heterocycles. The predicted octanol–water partition coefficient (Wildman–Crippen LogP) is 2.98. The molecule has 16 heavy (non-hydrogen) atoms. The van der Waals surface area contributed by atoms with Gasteiger partial charge in [0.1, 0.15) is 0 Å². The minimum atomic E-state index is 0.336. The van der Waals surface area contributed by atoms with E-state index >= 15 is 0 Å². The molecular weight excluding hydrogens is 194 g/mol. The Bertz CT molecular complexity index is 408. The molecule has 1 nitrogen and oxygen atoms in total. The molecule has 1 aromatic rings. The quantitative estimate of drug-likeness (QED) is 0.643. The first kappa shape index (κ1) is 10.3. The van der Waals surface area contributed by atoms with Crippen LogP contribution in [-0.2, 0) is 11.8 Å². The van der Waals surface area contributed by atoms with Crippen molar-refractivity contribution in [2.75, 3.05) is 13.1 Å². The van der Waals surface area contributed by atoms with E-state index in [0.717, 1.165) is 0 Å². The number of fused-ring (bicyclic) bond motifs is 2. The Labute approximate surface area is 98.5 Å². The summed E-state index contributed by atoms with van der Waals surface area (Å²) >= 11 is 0. The molecule has 2 aliphatic rings. The highest BCUT2D eigenvalue weighted by Crippen LogP contribution is 2.47. The number of nitrogens with zero attached hydrogens (tertiary/aromatic N) is 1. The normalized spacial score (nSPS) is 23.2. The van der Waals surface area contributed by atoms with E-state index in [1.165, 1.54) is 25.9 Å². The summed E-state index contributed by atoms with van der Waals surface area (Å²) in [5, 5.41) is 0. The smallest absolute Gasteiger partial charge is 0.0214 e. The van der Waals surface area contributed by atoms with Crippen LogP contribution in [0.25, 0.3) is 0 Å². The molecule has 1 aliphatic carbocycles. The predicted molar refractivity (Wildman–Crippen MR) is 67.8 cm³/mol. The monoisotopic (exact) mass is 215 g/mol. The summed E-state index contributed by atoms with van der Waals surface area (Å²) in [6.07, 6.45) is 2.65. The van der Waals surface area contributed by atoms with Gasteiger partial charge in [-0.1, -0.05) is 24.3 Å². The zero-order valence-corrected chi connectivity index (χ0v) is 10.6. The molecular formula is C15H21N. The van der Waals surface area contributed by atoms with Gasteiger partial charge in [0.15, 0.2) is 0 Å². The maximum atomic E-state index is 2.61. The fraction of sp³-hybridized carbons (Fsp3) is 0.600. The number of benzene rings is 1. The van der Waals surface area contributed by atoms with Gasteiger partial charge in [-0.15, -0.1) is 0 Å². The highest BCUT2D eigenvalue weighted by atomic mass is 15.3. The summed E-state index contributed by atoms with van der Waals surface area (Å²) in [5.74, 6) is 0. The van der Waals surface area contributed by atoms with Gasteiger partial charge < -0.3 is 0 Å². The molecule has 0 N–H and O–H groups in total. The van der Waals surface area contributed by atoms with Gasteiger partial charge in [0.2, 0.25) is 0 Å². The number of rotatable bonds is 0. The van der Waals surface area contributed by atoms with Crippen LogP contribution in [0.15, 0.2) is 24.3 Å². The minimum absolute atomic E-state index is 0.336. The highest BCUT2D eigenvalue weighted by Gasteiger charge is 2.50. The number of aryl methyl sites for hydroxylation is 1. The SMILES string of the molecule is CC(C)(C)N1CC2(CCc3ccccc32)C1. The van der Waals surface area contributed by atoms with Crippen LogP contribution in [0.3, 0.4) is 0 Å². The van der Waals surface area contributed by atoms with Crippen LogP contribution in [0, 0.1) is 0 Å². The maximum absolute atomic E-state index is 2.61. The lowest BCUT2D eigenvalue weighted by atomic mass is 9.73. The van der Waals surface area contributed by atoms with Gasteiger partial charge in [-0.2, -0.15) is 0 Å². The van der Waals surface area contributed by atoms with Gasteiger partial charge >= 0.3 is 0 Å². The zero-order chi connectivity index (χ0) is 11.4. The third kappa shape index (κ3) is 1.34. The molecule has 0 bridgehead atoms. The van der Waals surface area contributed by atoms with E-state index in [4.69, 9.17) is 0 Å². The molecule has 86 valence electrons. The third-order valence-corrected chi connectivity index (χ3v) is 4.40. The first-order valence-electron chi connectivity index (χ1n) is 6.35. The third-order valence-electron chi connectivity index (χ3n) is 4.40. The van der Waals surface area contributed by atoms with E-state index in [2.05, 4.69) is 49.9 Å². The Morgan fingerprint density at radius 1 is 1.12 bits per heavy atom. The average molecular weight is 215 g/mol. The summed E-state index contributed by atoms with van der Waals surface area (Å²) < 4.78 is 0. The van der Waals surface area contributed by atoms with E-state index in [-0.39, 0.29) is 0 Å². The lowest BCUT2D eigenvalue weighted by Crippen LogP contribution is -2.64. The summed E-state index contributed by atoms with van der Waals surface area (Å²) in [6, 6.07) is 9.04. The fourth-order valence-electron chi connectivity index (χ4n) is 3.25. The Morgan fingerprint density at radius 2 is 1.81 bits per heavy atom. The molecule has 0 unspecified atom stereocenters. The van der Waals surface area contributed by atoms with Crippen molar-refractivity contribution in [1.82, 2.24) is 4.90 Å². The van der Waals surface area contributed by atoms with Gasteiger partial charge in [-0.3, -0.25) is 4.90 Å². The van der Waals surface area contributed by atoms with Crippen molar-refractivity contribution in [3.8, 4) is 0 Å². The summed E-state index contributed by atoms with van der Waals surface area (Å²) in [4.78, 5) is 2.61. The molecule has 1 saturated heterocycles. The van der Waals surface area contributed by atoms with Crippen molar-refractivity contribution in [2.45, 2.75) is 44.6 Å². The Hall–Kier alpha value is -0.820. The van der Waals surface area contributed by atoms with Crippen molar-refractivity contribution in [3.05, 3.63) is 35.4 Å². The first-order chi connectivity index (χ1) is 7.51.